The Balaban J connectivity index is 2.65. The summed E-state index contributed by atoms with van der Waals surface area (Å²) < 4.78 is 1.01. The van der Waals surface area contributed by atoms with Gasteiger partial charge in [-0.05, 0) is 12.1 Å². The Morgan fingerprint density at radius 1 is 1.47 bits per heavy atom. The number of para-hydroxylation sites is 1. The maximum Gasteiger partial charge on any atom is 0.363 e. The van der Waals surface area contributed by atoms with Crippen molar-refractivity contribution in [2.24, 2.45) is 0 Å². The van der Waals surface area contributed by atoms with Crippen molar-refractivity contribution >= 4 is 11.7 Å². The summed E-state index contributed by atoms with van der Waals surface area (Å²) in [5.74, 6) is -1.50. The van der Waals surface area contributed by atoms with E-state index in [-0.39, 0.29) is 11.3 Å². The number of benzene rings is 1. The third-order valence-corrected chi connectivity index (χ3v) is 2.37. The monoisotopic (exact) mass is 258 g/mol. The summed E-state index contributed by atoms with van der Waals surface area (Å²) in [4.78, 5) is 20.8. The molecule has 19 heavy (non-hydrogen) atoms. The molecule has 8 heteroatoms. The van der Waals surface area contributed by atoms with Crippen LogP contribution in [-0.2, 0) is 0 Å². The molecule has 1 aromatic heterocycles. The fourth-order valence-corrected chi connectivity index (χ4v) is 1.54. The van der Waals surface area contributed by atoms with Crippen LogP contribution >= 0.6 is 0 Å². The van der Waals surface area contributed by atoms with E-state index in [0.29, 0.717) is 0 Å². The second-order valence-corrected chi connectivity index (χ2v) is 3.50. The van der Waals surface area contributed by atoms with Gasteiger partial charge in [-0.25, -0.2) is 9.48 Å². The molecule has 0 aliphatic carbocycles. The molecule has 0 amide bonds. The van der Waals surface area contributed by atoms with Crippen molar-refractivity contribution in [3.05, 3.63) is 51.8 Å². The number of nitro groups is 1. The van der Waals surface area contributed by atoms with Crippen molar-refractivity contribution in [2.75, 3.05) is 0 Å². The fourth-order valence-electron chi connectivity index (χ4n) is 1.54. The molecule has 1 N–H and O–H groups in total. The molecule has 0 saturated heterocycles. The van der Waals surface area contributed by atoms with Gasteiger partial charge in [-0.3, -0.25) is 10.1 Å². The van der Waals surface area contributed by atoms with Gasteiger partial charge in [0, 0.05) is 0 Å². The first-order valence-electron chi connectivity index (χ1n) is 5.01. The van der Waals surface area contributed by atoms with Crippen molar-refractivity contribution < 1.29 is 14.8 Å². The van der Waals surface area contributed by atoms with Gasteiger partial charge in [0.2, 0.25) is 5.69 Å². The molecule has 2 aromatic rings. The zero-order chi connectivity index (χ0) is 14.0. The molecule has 0 unspecified atom stereocenters. The van der Waals surface area contributed by atoms with E-state index in [1.54, 1.807) is 12.1 Å². The minimum Gasteiger partial charge on any atom is -0.476 e. The molecule has 0 spiro atoms. The second kappa shape index (κ2) is 4.58. The lowest BCUT2D eigenvalue weighted by Gasteiger charge is -2.01. The number of aromatic carboxylic acids is 1. The summed E-state index contributed by atoms with van der Waals surface area (Å²) in [5, 5.41) is 32.2. The summed E-state index contributed by atoms with van der Waals surface area (Å²) in [6.45, 7) is 0. The van der Waals surface area contributed by atoms with Gasteiger partial charge < -0.3 is 5.11 Å². The second-order valence-electron chi connectivity index (χ2n) is 3.50. The van der Waals surface area contributed by atoms with Gasteiger partial charge in [0.05, 0.1) is 16.2 Å². The van der Waals surface area contributed by atoms with Crippen molar-refractivity contribution in [1.29, 1.82) is 5.26 Å². The summed E-state index contributed by atoms with van der Waals surface area (Å²) in [6.07, 6.45) is 0.972. The first-order valence-corrected chi connectivity index (χ1v) is 5.01. The molecule has 0 bridgehead atoms. The number of hydrogen-bond acceptors (Lipinski definition) is 5. The topological polar surface area (TPSA) is 122 Å². The van der Waals surface area contributed by atoms with Gasteiger partial charge in [-0.15, -0.1) is 0 Å². The van der Waals surface area contributed by atoms with E-state index in [0.717, 1.165) is 10.9 Å². The van der Waals surface area contributed by atoms with E-state index in [9.17, 15) is 14.9 Å². The van der Waals surface area contributed by atoms with Crippen LogP contribution in [0.5, 0.6) is 0 Å². The van der Waals surface area contributed by atoms with Crippen LogP contribution in [0.4, 0.5) is 5.69 Å². The molecule has 0 radical (unpaired) electrons. The predicted molar refractivity (Wildman–Crippen MR) is 61.9 cm³/mol. The van der Waals surface area contributed by atoms with Crippen LogP contribution in [0.3, 0.4) is 0 Å². The Kier molecular flexibility index (Phi) is 2.95. The molecule has 1 heterocycles. The highest BCUT2D eigenvalue weighted by Gasteiger charge is 2.26. The van der Waals surface area contributed by atoms with Crippen LogP contribution < -0.4 is 0 Å². The average molecular weight is 258 g/mol. The Labute approximate surface area is 106 Å². The van der Waals surface area contributed by atoms with E-state index < -0.39 is 22.3 Å². The van der Waals surface area contributed by atoms with Gasteiger partial charge in [0.25, 0.3) is 0 Å². The Morgan fingerprint density at radius 3 is 2.68 bits per heavy atom. The number of carboxylic acid groups (broad SMARTS) is 1. The van der Waals surface area contributed by atoms with Crippen molar-refractivity contribution in [3.8, 4) is 11.8 Å². The number of aromatic nitrogens is 2. The highest BCUT2D eigenvalue weighted by Crippen LogP contribution is 2.21. The molecule has 0 aliphatic heterocycles. The third kappa shape index (κ3) is 2.12. The van der Waals surface area contributed by atoms with Crippen molar-refractivity contribution in [1.82, 2.24) is 9.78 Å². The first-order chi connectivity index (χ1) is 9.04. The van der Waals surface area contributed by atoms with Crippen molar-refractivity contribution in [3.63, 3.8) is 0 Å². The van der Waals surface area contributed by atoms with Crippen molar-refractivity contribution in [2.45, 2.75) is 0 Å². The van der Waals surface area contributed by atoms with Crippen LogP contribution in [0.1, 0.15) is 16.1 Å². The lowest BCUT2D eigenvalue weighted by Crippen LogP contribution is -2.03. The number of nitriles is 1. The summed E-state index contributed by atoms with van der Waals surface area (Å²) >= 11 is 0. The zero-order valence-electron chi connectivity index (χ0n) is 9.35. The summed E-state index contributed by atoms with van der Waals surface area (Å²) in [5.41, 5.74) is -0.782. The van der Waals surface area contributed by atoms with Crippen LogP contribution in [0.25, 0.3) is 5.69 Å². The van der Waals surface area contributed by atoms with E-state index in [1.165, 1.54) is 12.1 Å². The zero-order valence-corrected chi connectivity index (χ0v) is 9.35. The van der Waals surface area contributed by atoms with Gasteiger partial charge in [0.15, 0.2) is 0 Å². The Morgan fingerprint density at radius 2 is 2.16 bits per heavy atom. The lowest BCUT2D eigenvalue weighted by molar-refractivity contribution is -0.385. The summed E-state index contributed by atoms with van der Waals surface area (Å²) in [7, 11) is 0. The first kappa shape index (κ1) is 12.3. The smallest absolute Gasteiger partial charge is 0.363 e. The molecule has 0 atom stereocenters. The average Bonchev–Trinajstić information content (AvgIpc) is 2.84. The van der Waals surface area contributed by atoms with E-state index in [2.05, 4.69) is 5.10 Å². The number of carboxylic acids is 1. The Hall–Kier alpha value is -3.21. The molecule has 94 valence electrons. The van der Waals surface area contributed by atoms with Gasteiger partial charge in [-0.2, -0.15) is 10.4 Å². The largest absolute Gasteiger partial charge is 0.476 e. The molecule has 0 saturated carbocycles. The maximum atomic E-state index is 10.9. The number of carbonyl (C=O) groups is 1. The van der Waals surface area contributed by atoms with Crippen LogP contribution in [-0.4, -0.2) is 25.8 Å². The molecule has 1 aromatic carbocycles. The van der Waals surface area contributed by atoms with Gasteiger partial charge in [-0.1, -0.05) is 12.1 Å². The SMILES string of the molecule is N#Cc1ccccc1-n1cc([N+](=O)[O-])c(C(=O)O)n1. The van der Waals surface area contributed by atoms with Crippen LogP contribution in [0.15, 0.2) is 30.5 Å². The standard InChI is InChI=1S/C11H6N4O4/c12-5-7-3-1-2-4-8(7)14-6-9(15(18)19)10(13-14)11(16)17/h1-4,6H,(H,16,17). The van der Waals surface area contributed by atoms with Gasteiger partial charge >= 0.3 is 11.7 Å². The summed E-state index contributed by atoms with van der Waals surface area (Å²) in [6, 6.07) is 8.16. The minimum absolute atomic E-state index is 0.233. The normalized spacial score (nSPS) is 9.84. The Bertz CT molecular complexity index is 682. The number of hydrogen-bond donors (Lipinski definition) is 1. The minimum atomic E-state index is -1.50. The van der Waals surface area contributed by atoms with E-state index in [4.69, 9.17) is 10.4 Å². The number of nitrogens with zero attached hydrogens (tertiary/aromatic N) is 4. The lowest BCUT2D eigenvalue weighted by atomic mass is 10.2. The van der Waals surface area contributed by atoms with E-state index >= 15 is 0 Å². The third-order valence-electron chi connectivity index (χ3n) is 2.37. The van der Waals surface area contributed by atoms with Crippen LogP contribution in [0.2, 0.25) is 0 Å². The van der Waals surface area contributed by atoms with E-state index in [1.807, 2.05) is 6.07 Å². The molecule has 0 aliphatic rings. The quantitative estimate of drug-likeness (QED) is 0.654. The molecular weight excluding hydrogens is 252 g/mol. The fraction of sp³-hybridized carbons (Fsp3) is 0. The molecular formula is C11H6N4O4. The maximum absolute atomic E-state index is 10.9. The molecule has 0 fully saturated rings. The van der Waals surface area contributed by atoms with Gasteiger partial charge in [0.1, 0.15) is 12.3 Å². The van der Waals surface area contributed by atoms with Crippen LogP contribution in [0, 0.1) is 21.4 Å². The molecule has 8 nitrogen and oxygen atoms in total. The molecule has 2 rings (SSSR count). The highest BCUT2D eigenvalue weighted by molar-refractivity contribution is 5.90. The predicted octanol–water partition coefficient (Wildman–Crippen LogP) is 1.35. The number of rotatable bonds is 3. The highest BCUT2D eigenvalue weighted by atomic mass is 16.6.